The van der Waals surface area contributed by atoms with E-state index in [2.05, 4.69) is 48.0 Å². The normalized spacial score (nSPS) is 23.6. The third-order valence-corrected chi connectivity index (χ3v) is 6.17. The Hall–Kier alpha value is -1.78. The first-order chi connectivity index (χ1) is 13.3. The molecule has 0 amide bonds. The second-order valence-corrected chi connectivity index (χ2v) is 7.94. The van der Waals surface area contributed by atoms with Crippen LogP contribution in [0.5, 0.6) is 0 Å². The van der Waals surface area contributed by atoms with Crippen molar-refractivity contribution in [3.63, 3.8) is 0 Å². The van der Waals surface area contributed by atoms with Crippen LogP contribution in [0, 0.1) is 11.3 Å². The molecule has 0 N–H and O–H groups in total. The number of nitrogens with zero attached hydrogens (tertiary/aromatic N) is 2. The van der Waals surface area contributed by atoms with Crippen molar-refractivity contribution in [2.24, 2.45) is 16.4 Å². The lowest BCUT2D eigenvalue weighted by atomic mass is 9.67. The van der Waals surface area contributed by atoms with Crippen LogP contribution < -0.4 is 0 Å². The molecule has 1 saturated heterocycles. The first kappa shape index (κ1) is 18.6. The van der Waals surface area contributed by atoms with E-state index in [-0.39, 0.29) is 0 Å². The van der Waals surface area contributed by atoms with Gasteiger partial charge in [-0.05, 0) is 54.8 Å². The Morgan fingerprint density at radius 2 is 2.04 bits per heavy atom. The Bertz CT molecular complexity index is 730. The zero-order valence-corrected chi connectivity index (χ0v) is 16.4. The summed E-state index contributed by atoms with van der Waals surface area (Å²) in [4.78, 5) is 0. The van der Waals surface area contributed by atoms with Gasteiger partial charge in [-0.15, -0.1) is 0 Å². The van der Waals surface area contributed by atoms with Gasteiger partial charge in [0.25, 0.3) is 0 Å². The summed E-state index contributed by atoms with van der Waals surface area (Å²) in [6, 6.07) is 10.4. The highest BCUT2D eigenvalue weighted by atomic mass is 16.5. The summed E-state index contributed by atoms with van der Waals surface area (Å²) >= 11 is 0. The molecule has 3 aliphatic rings. The molecular formula is C23H31N2O2+. The number of benzene rings is 1. The molecule has 1 atom stereocenters. The molecule has 2 heterocycles. The van der Waals surface area contributed by atoms with Gasteiger partial charge in [-0.3, -0.25) is 0 Å². The number of hydrazone groups is 1. The van der Waals surface area contributed by atoms with Crippen LogP contribution in [-0.2, 0) is 16.1 Å². The van der Waals surface area contributed by atoms with Crippen LogP contribution in [0.3, 0.4) is 0 Å². The standard InChI is InChI=1S/C23H31N2O2/c1-2-25-22(9-6-14-27-18-19-7-4-3-5-8-19)20-17-23(11-10-21(20)24-25)12-15-26-16-13-23/h3-5,7-8,10-11,20H,2,6,9,12-18H2,1H3/q+1. The third-order valence-electron chi connectivity index (χ3n) is 6.17. The SMILES string of the molecule is CC[N+]1=C(CCCOCc2ccccc2)C2CC3(C=CC2=N1)CCOCC3. The maximum Gasteiger partial charge on any atom is 0.194 e. The lowest BCUT2D eigenvalue weighted by Crippen LogP contribution is -2.37. The predicted molar refractivity (Wildman–Crippen MR) is 108 cm³/mol. The minimum atomic E-state index is 0.320. The average molecular weight is 368 g/mol. The average Bonchev–Trinajstić information content (AvgIpc) is 3.06. The van der Waals surface area contributed by atoms with Crippen LogP contribution in [0.15, 0.2) is 47.6 Å². The first-order valence-electron chi connectivity index (χ1n) is 10.4. The number of hydrogen-bond acceptors (Lipinski definition) is 3. The van der Waals surface area contributed by atoms with E-state index in [0.717, 1.165) is 52.0 Å². The van der Waals surface area contributed by atoms with E-state index in [4.69, 9.17) is 14.6 Å². The molecule has 1 fully saturated rings. The number of fused-ring (bicyclic) bond motifs is 1. The molecule has 144 valence electrons. The topological polar surface area (TPSA) is 33.8 Å². The Kier molecular flexibility index (Phi) is 5.84. The fourth-order valence-corrected chi connectivity index (χ4v) is 4.58. The lowest BCUT2D eigenvalue weighted by molar-refractivity contribution is -0.528. The first-order valence-corrected chi connectivity index (χ1v) is 10.4. The lowest BCUT2D eigenvalue weighted by Gasteiger charge is -2.38. The van der Waals surface area contributed by atoms with Crippen molar-refractivity contribution in [1.29, 1.82) is 0 Å². The molecule has 27 heavy (non-hydrogen) atoms. The van der Waals surface area contributed by atoms with E-state index in [1.807, 2.05) is 6.07 Å². The van der Waals surface area contributed by atoms with Crippen LogP contribution in [0.1, 0.15) is 44.6 Å². The zero-order chi connectivity index (χ0) is 18.5. The number of hydrogen-bond donors (Lipinski definition) is 0. The van der Waals surface area contributed by atoms with Crippen molar-refractivity contribution in [2.75, 3.05) is 26.4 Å². The molecule has 0 saturated carbocycles. The number of rotatable bonds is 7. The van der Waals surface area contributed by atoms with Crippen molar-refractivity contribution in [2.45, 2.75) is 45.6 Å². The van der Waals surface area contributed by atoms with Crippen molar-refractivity contribution in [3.8, 4) is 0 Å². The van der Waals surface area contributed by atoms with Gasteiger partial charge in [-0.2, -0.15) is 0 Å². The third kappa shape index (κ3) is 4.22. The van der Waals surface area contributed by atoms with Gasteiger partial charge in [0, 0.05) is 26.2 Å². The second-order valence-electron chi connectivity index (χ2n) is 7.94. The molecule has 0 radical (unpaired) electrons. The molecule has 4 nitrogen and oxygen atoms in total. The largest absolute Gasteiger partial charge is 0.381 e. The molecular weight excluding hydrogens is 336 g/mol. The van der Waals surface area contributed by atoms with Gasteiger partial charge < -0.3 is 9.47 Å². The van der Waals surface area contributed by atoms with Gasteiger partial charge in [-0.1, -0.05) is 41.1 Å². The minimum Gasteiger partial charge on any atom is -0.381 e. The Balaban J connectivity index is 1.33. The highest BCUT2D eigenvalue weighted by Gasteiger charge is 2.45. The maximum absolute atomic E-state index is 5.89. The monoisotopic (exact) mass is 367 g/mol. The fraction of sp³-hybridized carbons (Fsp3) is 0.565. The van der Waals surface area contributed by atoms with Gasteiger partial charge in [0.15, 0.2) is 12.3 Å². The van der Waals surface area contributed by atoms with Gasteiger partial charge >= 0.3 is 0 Å². The molecule has 0 bridgehead atoms. The van der Waals surface area contributed by atoms with Gasteiger partial charge in [0.1, 0.15) is 5.71 Å². The summed E-state index contributed by atoms with van der Waals surface area (Å²) in [6.45, 7) is 6.43. The van der Waals surface area contributed by atoms with Crippen LogP contribution in [0.4, 0.5) is 0 Å². The van der Waals surface area contributed by atoms with E-state index in [0.29, 0.717) is 17.9 Å². The maximum atomic E-state index is 5.89. The van der Waals surface area contributed by atoms with E-state index < -0.39 is 0 Å². The highest BCUT2D eigenvalue weighted by Crippen LogP contribution is 2.43. The van der Waals surface area contributed by atoms with E-state index >= 15 is 0 Å². The summed E-state index contributed by atoms with van der Waals surface area (Å²) in [5.41, 5.74) is 4.31. The molecule has 1 aromatic carbocycles. The predicted octanol–water partition coefficient (Wildman–Crippen LogP) is 4.20. The van der Waals surface area contributed by atoms with Crippen LogP contribution in [-0.4, -0.2) is 42.5 Å². The molecule has 4 heteroatoms. The molecule has 2 aliphatic heterocycles. The summed E-state index contributed by atoms with van der Waals surface area (Å²) < 4.78 is 13.7. The van der Waals surface area contributed by atoms with Crippen molar-refractivity contribution in [3.05, 3.63) is 48.0 Å². The molecule has 1 unspecified atom stereocenters. The molecule has 4 rings (SSSR count). The summed E-state index contributed by atoms with van der Waals surface area (Å²) in [6.07, 6.45) is 10.3. The Morgan fingerprint density at radius 3 is 2.81 bits per heavy atom. The second kappa shape index (κ2) is 8.49. The number of allylic oxidation sites excluding steroid dienone is 2. The van der Waals surface area contributed by atoms with Crippen LogP contribution >= 0.6 is 0 Å². The quantitative estimate of drug-likeness (QED) is 0.535. The fourth-order valence-electron chi connectivity index (χ4n) is 4.58. The number of ether oxygens (including phenoxy) is 2. The highest BCUT2D eigenvalue weighted by molar-refractivity contribution is 6.13. The molecule has 1 aliphatic carbocycles. The zero-order valence-electron chi connectivity index (χ0n) is 16.4. The summed E-state index contributed by atoms with van der Waals surface area (Å²) in [5.74, 6) is 0.488. The molecule has 0 aromatic heterocycles. The molecule has 1 aromatic rings. The summed E-state index contributed by atoms with van der Waals surface area (Å²) in [5, 5.41) is 4.89. The van der Waals surface area contributed by atoms with E-state index in [9.17, 15) is 0 Å². The van der Waals surface area contributed by atoms with E-state index in [1.54, 1.807) is 0 Å². The van der Waals surface area contributed by atoms with Crippen molar-refractivity contribution in [1.82, 2.24) is 0 Å². The van der Waals surface area contributed by atoms with Crippen molar-refractivity contribution >= 4 is 11.4 Å². The van der Waals surface area contributed by atoms with Gasteiger partial charge in [-0.25, -0.2) is 0 Å². The van der Waals surface area contributed by atoms with Gasteiger partial charge in [0.05, 0.1) is 12.5 Å². The molecule has 1 spiro atoms. The Morgan fingerprint density at radius 1 is 1.22 bits per heavy atom. The van der Waals surface area contributed by atoms with Gasteiger partial charge in [0.2, 0.25) is 0 Å². The van der Waals surface area contributed by atoms with Crippen LogP contribution in [0.25, 0.3) is 0 Å². The smallest absolute Gasteiger partial charge is 0.194 e. The minimum absolute atomic E-state index is 0.320. The summed E-state index contributed by atoms with van der Waals surface area (Å²) in [7, 11) is 0. The van der Waals surface area contributed by atoms with Crippen molar-refractivity contribution < 1.29 is 14.2 Å². The Labute approximate surface area is 162 Å². The van der Waals surface area contributed by atoms with Crippen LogP contribution in [0.2, 0.25) is 0 Å². The van der Waals surface area contributed by atoms with E-state index in [1.165, 1.54) is 23.4 Å².